The van der Waals surface area contributed by atoms with E-state index in [1.165, 1.54) is 7.11 Å². The lowest BCUT2D eigenvalue weighted by Gasteiger charge is -2.33. The van der Waals surface area contributed by atoms with Crippen LogP contribution in [0.5, 0.6) is 0 Å². The van der Waals surface area contributed by atoms with Gasteiger partial charge in [0.25, 0.3) is 0 Å². The normalized spacial score (nSPS) is 15.5. The van der Waals surface area contributed by atoms with Crippen molar-refractivity contribution >= 4 is 11.9 Å². The second-order valence-corrected chi connectivity index (χ2v) is 6.82. The highest BCUT2D eigenvalue weighted by Crippen LogP contribution is 2.18. The molecule has 0 aliphatic carbocycles. The molecule has 0 radical (unpaired) electrons. The number of hydrogen-bond acceptors (Lipinski definition) is 5. The first kappa shape index (κ1) is 19.9. The predicted octanol–water partition coefficient (Wildman–Crippen LogP) is 1.93. The molecule has 8 heteroatoms. The van der Waals surface area contributed by atoms with Gasteiger partial charge in [0.1, 0.15) is 11.6 Å². The first-order chi connectivity index (χ1) is 13.6. The fourth-order valence-electron chi connectivity index (χ4n) is 3.36. The number of hydrogen-bond donors (Lipinski definition) is 1. The van der Waals surface area contributed by atoms with Crippen molar-refractivity contribution in [3.05, 3.63) is 42.1 Å². The Labute approximate surface area is 165 Å². The maximum absolute atomic E-state index is 11.7. The smallest absolute Gasteiger partial charge is 0.308 e. The minimum absolute atomic E-state index is 0.00694. The number of methoxy groups -OCH3 is 1. The summed E-state index contributed by atoms with van der Waals surface area (Å²) in [4.78, 5) is 27.4. The number of carbonyl (C=O) groups is 1. The number of esters is 1. The molecular weight excluding hydrogens is 356 g/mol. The summed E-state index contributed by atoms with van der Waals surface area (Å²) in [6.07, 6.45) is 7.10. The number of nitrogens with zero attached hydrogens (tertiary/aromatic N) is 5. The van der Waals surface area contributed by atoms with Gasteiger partial charge in [-0.05, 0) is 38.3 Å². The maximum atomic E-state index is 11.7. The number of likely N-dealkylation sites (tertiary alicyclic amines) is 1. The number of aliphatic imine (C=N–C) groups is 1. The summed E-state index contributed by atoms with van der Waals surface area (Å²) in [5.74, 6) is 2.51. The van der Waals surface area contributed by atoms with E-state index in [9.17, 15) is 4.79 Å². The second-order valence-electron chi connectivity index (χ2n) is 6.82. The topological polar surface area (TPSA) is 84.6 Å². The third-order valence-electron chi connectivity index (χ3n) is 4.96. The largest absolute Gasteiger partial charge is 0.469 e. The number of rotatable bonds is 5. The Morgan fingerprint density at radius 2 is 2.11 bits per heavy atom. The zero-order valence-corrected chi connectivity index (χ0v) is 16.8. The van der Waals surface area contributed by atoms with Gasteiger partial charge in [-0.25, -0.2) is 15.0 Å². The number of pyridine rings is 1. The van der Waals surface area contributed by atoms with Gasteiger partial charge in [0.2, 0.25) is 0 Å². The zero-order valence-electron chi connectivity index (χ0n) is 16.8. The van der Waals surface area contributed by atoms with Crippen LogP contribution in [0.1, 0.15) is 31.2 Å². The standard InChI is InChI=1S/C20H28N6O2/c1-4-21-20(25-10-7-17(8-11-25)19(27)28-3)24-14-16-5-6-18(23-13-16)26-12-9-22-15(26)2/h5-6,9,12-13,17H,4,7-8,10-11,14H2,1-3H3,(H,21,24). The molecule has 8 nitrogen and oxygen atoms in total. The predicted molar refractivity (Wildman–Crippen MR) is 107 cm³/mol. The molecule has 0 saturated carbocycles. The molecule has 2 aromatic rings. The monoisotopic (exact) mass is 384 g/mol. The van der Waals surface area contributed by atoms with Crippen LogP contribution in [0.2, 0.25) is 0 Å². The van der Waals surface area contributed by atoms with E-state index < -0.39 is 0 Å². The van der Waals surface area contributed by atoms with E-state index in [1.807, 2.05) is 36.0 Å². The van der Waals surface area contributed by atoms with Crippen LogP contribution in [-0.4, -0.2) is 58.1 Å². The van der Waals surface area contributed by atoms with Crippen LogP contribution in [0.4, 0.5) is 0 Å². The molecular formula is C20H28N6O2. The van der Waals surface area contributed by atoms with Gasteiger partial charge in [-0.2, -0.15) is 0 Å². The van der Waals surface area contributed by atoms with Crippen molar-refractivity contribution in [3.63, 3.8) is 0 Å². The molecule has 0 aromatic carbocycles. The van der Waals surface area contributed by atoms with Crippen molar-refractivity contribution in [1.82, 2.24) is 24.8 Å². The molecule has 28 heavy (non-hydrogen) atoms. The Bertz CT molecular complexity index is 806. The van der Waals surface area contributed by atoms with Crippen LogP contribution in [0.3, 0.4) is 0 Å². The summed E-state index contributed by atoms with van der Waals surface area (Å²) >= 11 is 0. The molecule has 0 unspecified atom stereocenters. The van der Waals surface area contributed by atoms with Gasteiger partial charge >= 0.3 is 5.97 Å². The summed E-state index contributed by atoms with van der Waals surface area (Å²) in [6.45, 7) is 6.94. The third kappa shape index (κ3) is 4.68. The molecule has 0 atom stereocenters. The van der Waals surface area contributed by atoms with Gasteiger partial charge in [-0.3, -0.25) is 9.36 Å². The average molecular weight is 384 g/mol. The molecule has 2 aromatic heterocycles. The molecule has 1 aliphatic rings. The van der Waals surface area contributed by atoms with Crippen LogP contribution >= 0.6 is 0 Å². The van der Waals surface area contributed by atoms with E-state index in [-0.39, 0.29) is 11.9 Å². The first-order valence-corrected chi connectivity index (χ1v) is 9.68. The molecule has 150 valence electrons. The molecule has 1 saturated heterocycles. The molecule has 0 amide bonds. The van der Waals surface area contributed by atoms with E-state index in [0.717, 1.165) is 55.6 Å². The van der Waals surface area contributed by atoms with Crippen LogP contribution < -0.4 is 5.32 Å². The van der Waals surface area contributed by atoms with Crippen molar-refractivity contribution in [2.45, 2.75) is 33.2 Å². The lowest BCUT2D eigenvalue weighted by Crippen LogP contribution is -2.46. The van der Waals surface area contributed by atoms with Crippen LogP contribution in [0.25, 0.3) is 5.82 Å². The SMILES string of the molecule is CCNC(=NCc1ccc(-n2ccnc2C)nc1)N1CCC(C(=O)OC)CC1. The number of imidazole rings is 1. The minimum Gasteiger partial charge on any atom is -0.469 e. The highest BCUT2D eigenvalue weighted by Gasteiger charge is 2.26. The van der Waals surface area contributed by atoms with Gasteiger partial charge < -0.3 is 15.0 Å². The maximum Gasteiger partial charge on any atom is 0.308 e. The Kier molecular flexibility index (Phi) is 6.62. The zero-order chi connectivity index (χ0) is 19.9. The first-order valence-electron chi connectivity index (χ1n) is 9.68. The van der Waals surface area contributed by atoms with Crippen LogP contribution in [-0.2, 0) is 16.1 Å². The lowest BCUT2D eigenvalue weighted by molar-refractivity contribution is -0.146. The van der Waals surface area contributed by atoms with E-state index >= 15 is 0 Å². The van der Waals surface area contributed by atoms with Gasteiger partial charge in [-0.15, -0.1) is 0 Å². The van der Waals surface area contributed by atoms with Crippen molar-refractivity contribution in [1.29, 1.82) is 0 Å². The summed E-state index contributed by atoms with van der Waals surface area (Å²) in [5, 5.41) is 3.35. The number of carbonyl (C=O) groups excluding carboxylic acids is 1. The minimum atomic E-state index is -0.110. The van der Waals surface area contributed by atoms with Crippen molar-refractivity contribution in [2.24, 2.45) is 10.9 Å². The number of aromatic nitrogens is 3. The molecule has 3 heterocycles. The highest BCUT2D eigenvalue weighted by molar-refractivity contribution is 5.80. The number of nitrogens with one attached hydrogen (secondary N) is 1. The van der Waals surface area contributed by atoms with E-state index in [0.29, 0.717) is 6.54 Å². The Morgan fingerprint density at radius 1 is 1.32 bits per heavy atom. The van der Waals surface area contributed by atoms with E-state index in [2.05, 4.69) is 27.1 Å². The summed E-state index contributed by atoms with van der Waals surface area (Å²) in [5.41, 5.74) is 1.04. The van der Waals surface area contributed by atoms with Gasteiger partial charge in [0.15, 0.2) is 5.96 Å². The van der Waals surface area contributed by atoms with E-state index in [1.54, 1.807) is 6.20 Å². The molecule has 0 bridgehead atoms. The lowest BCUT2D eigenvalue weighted by atomic mass is 9.97. The number of aryl methyl sites for hydroxylation is 1. The van der Waals surface area contributed by atoms with Crippen molar-refractivity contribution in [2.75, 3.05) is 26.7 Å². The molecule has 3 rings (SSSR count). The number of piperidine rings is 1. The van der Waals surface area contributed by atoms with Gasteiger partial charge in [0, 0.05) is 38.2 Å². The summed E-state index contributed by atoms with van der Waals surface area (Å²) in [6, 6.07) is 4.02. The van der Waals surface area contributed by atoms with Crippen LogP contribution in [0, 0.1) is 12.8 Å². The number of ether oxygens (including phenoxy) is 1. The number of guanidine groups is 1. The quantitative estimate of drug-likeness (QED) is 0.482. The Hall–Kier alpha value is -2.90. The molecule has 1 aliphatic heterocycles. The Balaban J connectivity index is 1.63. The molecule has 0 spiro atoms. The average Bonchev–Trinajstić information content (AvgIpc) is 3.17. The van der Waals surface area contributed by atoms with Crippen LogP contribution in [0.15, 0.2) is 35.7 Å². The van der Waals surface area contributed by atoms with Crippen molar-refractivity contribution < 1.29 is 9.53 Å². The fraction of sp³-hybridized carbons (Fsp3) is 0.500. The fourth-order valence-corrected chi connectivity index (χ4v) is 3.36. The van der Waals surface area contributed by atoms with Crippen molar-refractivity contribution in [3.8, 4) is 5.82 Å². The van der Waals surface area contributed by atoms with E-state index in [4.69, 9.17) is 9.73 Å². The van der Waals surface area contributed by atoms with Gasteiger partial charge in [0.05, 0.1) is 19.6 Å². The molecule has 1 N–H and O–H groups in total. The highest BCUT2D eigenvalue weighted by atomic mass is 16.5. The molecule has 1 fully saturated rings. The Morgan fingerprint density at radius 3 is 2.68 bits per heavy atom. The second kappa shape index (κ2) is 9.34. The summed E-state index contributed by atoms with van der Waals surface area (Å²) in [7, 11) is 1.45. The summed E-state index contributed by atoms with van der Waals surface area (Å²) < 4.78 is 6.81. The van der Waals surface area contributed by atoms with Gasteiger partial charge in [-0.1, -0.05) is 6.07 Å². The third-order valence-corrected chi connectivity index (χ3v) is 4.96.